The van der Waals surface area contributed by atoms with Crippen molar-refractivity contribution in [3.8, 4) is 11.1 Å². The fraction of sp³-hybridized carbons (Fsp3) is 0.417. The lowest BCUT2D eigenvalue weighted by molar-refractivity contribution is 0.609. The highest BCUT2D eigenvalue weighted by molar-refractivity contribution is 5.89. The van der Waals surface area contributed by atoms with E-state index in [2.05, 4.69) is 75.0 Å². The molecule has 0 spiro atoms. The van der Waals surface area contributed by atoms with Gasteiger partial charge in [-0.25, -0.2) is 4.98 Å². The van der Waals surface area contributed by atoms with E-state index >= 15 is 0 Å². The molecule has 4 heteroatoms. The van der Waals surface area contributed by atoms with Crippen molar-refractivity contribution in [3.63, 3.8) is 0 Å². The lowest BCUT2D eigenvalue weighted by Crippen LogP contribution is -2.04. The highest BCUT2D eigenvalue weighted by Crippen LogP contribution is 2.35. The first-order valence-corrected chi connectivity index (χ1v) is 10.3. The van der Waals surface area contributed by atoms with Crippen LogP contribution in [-0.4, -0.2) is 19.2 Å². The highest BCUT2D eigenvalue weighted by atomic mass is 15.3. The van der Waals surface area contributed by atoms with Gasteiger partial charge in [0.1, 0.15) is 5.65 Å². The summed E-state index contributed by atoms with van der Waals surface area (Å²) < 4.78 is 4.41. The molecule has 4 rings (SSSR count). The standard InChI is InChI=1S/C24H30N4/c1-7-8-9-11-27-12-10-20-18(5)25-23-22(19(6)26-28(23)24(20)27)21-16(3)13-15(2)14-17(21)4/h10,12-14H,7-9,11H2,1-6H3. The first-order chi connectivity index (χ1) is 13.4. The average molecular weight is 375 g/mol. The monoisotopic (exact) mass is 374 g/mol. The molecule has 3 heterocycles. The molecule has 0 saturated heterocycles. The molecular formula is C24H30N4. The number of fused-ring (bicyclic) bond motifs is 3. The van der Waals surface area contributed by atoms with Gasteiger partial charge in [0.2, 0.25) is 0 Å². The van der Waals surface area contributed by atoms with Gasteiger partial charge >= 0.3 is 0 Å². The van der Waals surface area contributed by atoms with Crippen LogP contribution in [0.15, 0.2) is 24.4 Å². The van der Waals surface area contributed by atoms with Crippen molar-refractivity contribution < 1.29 is 0 Å². The van der Waals surface area contributed by atoms with E-state index in [4.69, 9.17) is 10.1 Å². The fourth-order valence-corrected chi connectivity index (χ4v) is 4.55. The van der Waals surface area contributed by atoms with Gasteiger partial charge in [-0.1, -0.05) is 37.5 Å². The number of benzene rings is 1. The number of hydrogen-bond donors (Lipinski definition) is 0. The Bertz CT molecular complexity index is 1150. The molecule has 0 N–H and O–H groups in total. The van der Waals surface area contributed by atoms with Gasteiger partial charge in [0.25, 0.3) is 0 Å². The summed E-state index contributed by atoms with van der Waals surface area (Å²) in [5.74, 6) is 0. The molecule has 4 nitrogen and oxygen atoms in total. The Labute approximate surface area is 167 Å². The lowest BCUT2D eigenvalue weighted by atomic mass is 9.94. The van der Waals surface area contributed by atoms with Crippen molar-refractivity contribution >= 4 is 16.7 Å². The van der Waals surface area contributed by atoms with Crippen molar-refractivity contribution in [2.24, 2.45) is 0 Å². The molecule has 0 atom stereocenters. The largest absolute Gasteiger partial charge is 0.332 e. The van der Waals surface area contributed by atoms with E-state index in [1.807, 2.05) is 0 Å². The molecule has 146 valence electrons. The first kappa shape index (κ1) is 18.7. The van der Waals surface area contributed by atoms with Crippen LogP contribution in [0.2, 0.25) is 0 Å². The Hall–Kier alpha value is -2.62. The number of aryl methyl sites for hydroxylation is 6. The van der Waals surface area contributed by atoms with E-state index in [9.17, 15) is 0 Å². The summed E-state index contributed by atoms with van der Waals surface area (Å²) in [5, 5.41) is 6.15. The average Bonchev–Trinajstić information content (AvgIpc) is 3.17. The van der Waals surface area contributed by atoms with E-state index in [0.29, 0.717) is 0 Å². The Morgan fingerprint density at radius 1 is 0.893 bits per heavy atom. The van der Waals surface area contributed by atoms with Crippen LogP contribution < -0.4 is 0 Å². The summed E-state index contributed by atoms with van der Waals surface area (Å²) in [5.41, 5.74) is 10.5. The number of unbranched alkanes of at least 4 members (excludes halogenated alkanes) is 2. The topological polar surface area (TPSA) is 35.1 Å². The molecule has 28 heavy (non-hydrogen) atoms. The van der Waals surface area contributed by atoms with Gasteiger partial charge in [0.15, 0.2) is 5.65 Å². The number of hydrogen-bond acceptors (Lipinski definition) is 2. The second-order valence-corrected chi connectivity index (χ2v) is 8.12. The molecule has 4 aromatic rings. The minimum atomic E-state index is 0.966. The van der Waals surface area contributed by atoms with Crippen molar-refractivity contribution in [2.75, 3.05) is 0 Å². The van der Waals surface area contributed by atoms with Gasteiger partial charge in [-0.2, -0.15) is 9.61 Å². The fourth-order valence-electron chi connectivity index (χ4n) is 4.55. The summed E-state index contributed by atoms with van der Waals surface area (Å²) in [6, 6.07) is 6.69. The van der Waals surface area contributed by atoms with Crippen LogP contribution in [0.1, 0.15) is 54.3 Å². The van der Waals surface area contributed by atoms with Crippen LogP contribution >= 0.6 is 0 Å². The van der Waals surface area contributed by atoms with E-state index in [1.165, 1.54) is 52.5 Å². The number of rotatable bonds is 5. The molecule has 0 saturated carbocycles. The van der Waals surface area contributed by atoms with Crippen LogP contribution in [0.5, 0.6) is 0 Å². The zero-order chi connectivity index (χ0) is 20.0. The molecule has 0 fully saturated rings. The molecule has 1 aromatic carbocycles. The summed E-state index contributed by atoms with van der Waals surface area (Å²) in [4.78, 5) is 5.00. The molecule has 0 amide bonds. The van der Waals surface area contributed by atoms with Gasteiger partial charge in [0.05, 0.1) is 17.0 Å². The molecule has 0 unspecified atom stereocenters. The molecular weight excluding hydrogens is 344 g/mol. The lowest BCUT2D eigenvalue weighted by Gasteiger charge is -2.12. The zero-order valence-electron chi connectivity index (χ0n) is 17.9. The minimum Gasteiger partial charge on any atom is -0.332 e. The maximum atomic E-state index is 5.00. The van der Waals surface area contributed by atoms with Crippen LogP contribution in [0, 0.1) is 34.6 Å². The molecule has 0 aliphatic rings. The Morgan fingerprint density at radius 3 is 2.29 bits per heavy atom. The minimum absolute atomic E-state index is 0.966. The third kappa shape index (κ3) is 2.92. The Morgan fingerprint density at radius 2 is 1.61 bits per heavy atom. The first-order valence-electron chi connectivity index (χ1n) is 10.3. The Balaban J connectivity index is 2.01. The van der Waals surface area contributed by atoms with Gasteiger partial charge < -0.3 is 4.57 Å². The van der Waals surface area contributed by atoms with Crippen molar-refractivity contribution in [1.82, 2.24) is 19.2 Å². The third-order valence-electron chi connectivity index (χ3n) is 5.76. The summed E-state index contributed by atoms with van der Waals surface area (Å²) in [6.07, 6.45) is 5.85. The summed E-state index contributed by atoms with van der Waals surface area (Å²) in [7, 11) is 0. The molecule has 0 aliphatic heterocycles. The molecule has 0 radical (unpaired) electrons. The maximum Gasteiger partial charge on any atom is 0.165 e. The van der Waals surface area contributed by atoms with E-state index in [1.54, 1.807) is 0 Å². The van der Waals surface area contributed by atoms with Gasteiger partial charge in [-0.05, 0) is 63.8 Å². The predicted octanol–water partition coefficient (Wildman–Crippen LogP) is 6.08. The number of nitrogens with zero attached hydrogens (tertiary/aromatic N) is 4. The van der Waals surface area contributed by atoms with Crippen LogP contribution in [0.25, 0.3) is 27.8 Å². The second-order valence-electron chi connectivity index (χ2n) is 8.12. The number of aromatic nitrogens is 4. The van der Waals surface area contributed by atoms with E-state index in [0.717, 1.165) is 29.2 Å². The second kappa shape index (κ2) is 7.08. The van der Waals surface area contributed by atoms with Gasteiger partial charge in [-0.15, -0.1) is 0 Å². The van der Waals surface area contributed by atoms with E-state index in [-0.39, 0.29) is 0 Å². The SMILES string of the molecule is CCCCCn1ccc2c(C)nc3c(-c4c(C)cc(C)cc4C)c(C)nn3c21. The van der Waals surface area contributed by atoms with Crippen LogP contribution in [-0.2, 0) is 6.54 Å². The van der Waals surface area contributed by atoms with Crippen molar-refractivity contribution in [1.29, 1.82) is 0 Å². The normalized spacial score (nSPS) is 11.8. The predicted molar refractivity (Wildman–Crippen MR) is 117 cm³/mol. The highest BCUT2D eigenvalue weighted by Gasteiger charge is 2.20. The van der Waals surface area contributed by atoms with Crippen LogP contribution in [0.4, 0.5) is 0 Å². The van der Waals surface area contributed by atoms with Crippen molar-refractivity contribution in [3.05, 3.63) is 52.5 Å². The smallest absolute Gasteiger partial charge is 0.165 e. The Kier molecular flexibility index (Phi) is 4.74. The molecule has 0 aliphatic carbocycles. The summed E-state index contributed by atoms with van der Waals surface area (Å²) in [6.45, 7) is 14.0. The van der Waals surface area contributed by atoms with Crippen LogP contribution in [0.3, 0.4) is 0 Å². The summed E-state index contributed by atoms with van der Waals surface area (Å²) >= 11 is 0. The zero-order valence-corrected chi connectivity index (χ0v) is 17.9. The van der Waals surface area contributed by atoms with Gasteiger partial charge in [0, 0.05) is 18.1 Å². The van der Waals surface area contributed by atoms with E-state index < -0.39 is 0 Å². The third-order valence-corrected chi connectivity index (χ3v) is 5.76. The van der Waals surface area contributed by atoms with Crippen molar-refractivity contribution in [2.45, 2.75) is 67.3 Å². The van der Waals surface area contributed by atoms with Gasteiger partial charge in [-0.3, -0.25) is 0 Å². The maximum absolute atomic E-state index is 5.00. The molecule has 3 aromatic heterocycles. The quantitative estimate of drug-likeness (QED) is 0.397. The molecule has 0 bridgehead atoms.